The standard InChI is InChI=1S/C24H31Cl2N3O4S/c1-6-11-27-24(31)18(4)28(14-19-8-10-21(25)22(26)13-19)23(30)15-29(34(5,32)33)20-9-7-16(2)17(3)12-20/h7-10,12-13,18H,6,11,14-15H2,1-5H3,(H,27,31). The second kappa shape index (κ2) is 11.9. The number of rotatable bonds is 10. The van der Waals surface area contributed by atoms with Crippen molar-refractivity contribution in [2.75, 3.05) is 23.7 Å². The molecular weight excluding hydrogens is 497 g/mol. The highest BCUT2D eigenvalue weighted by Crippen LogP contribution is 2.25. The third-order valence-electron chi connectivity index (χ3n) is 5.51. The minimum absolute atomic E-state index is 0.0565. The third kappa shape index (κ3) is 7.35. The van der Waals surface area contributed by atoms with Crippen molar-refractivity contribution in [3.05, 3.63) is 63.1 Å². The number of anilines is 1. The van der Waals surface area contributed by atoms with Crippen molar-refractivity contribution in [3.63, 3.8) is 0 Å². The molecule has 0 aliphatic heterocycles. The first kappa shape index (κ1) is 28.0. The van der Waals surface area contributed by atoms with Gasteiger partial charge in [0.1, 0.15) is 12.6 Å². The van der Waals surface area contributed by atoms with Crippen LogP contribution in [-0.2, 0) is 26.2 Å². The van der Waals surface area contributed by atoms with E-state index >= 15 is 0 Å². The molecule has 1 unspecified atom stereocenters. The number of halogens is 2. The van der Waals surface area contributed by atoms with E-state index in [1.807, 2.05) is 26.8 Å². The first-order valence-electron chi connectivity index (χ1n) is 10.9. The number of benzene rings is 2. The fourth-order valence-electron chi connectivity index (χ4n) is 3.31. The lowest BCUT2D eigenvalue weighted by Gasteiger charge is -2.31. The molecule has 0 aliphatic carbocycles. The molecule has 0 fully saturated rings. The van der Waals surface area contributed by atoms with Crippen LogP contribution in [0.3, 0.4) is 0 Å². The number of nitrogens with one attached hydrogen (secondary N) is 1. The summed E-state index contributed by atoms with van der Waals surface area (Å²) in [6.45, 7) is 7.41. The van der Waals surface area contributed by atoms with E-state index in [4.69, 9.17) is 23.2 Å². The molecule has 0 bridgehead atoms. The SMILES string of the molecule is CCCNC(=O)C(C)N(Cc1ccc(Cl)c(Cl)c1)C(=O)CN(c1ccc(C)c(C)c1)S(C)(=O)=O. The third-order valence-corrected chi connectivity index (χ3v) is 7.39. The topological polar surface area (TPSA) is 86.8 Å². The van der Waals surface area contributed by atoms with Gasteiger partial charge in [0.25, 0.3) is 0 Å². The number of hydrogen-bond acceptors (Lipinski definition) is 4. The number of nitrogens with zero attached hydrogens (tertiary/aromatic N) is 2. The maximum Gasteiger partial charge on any atom is 0.244 e. The van der Waals surface area contributed by atoms with Crippen molar-refractivity contribution >= 4 is 50.7 Å². The second-order valence-corrected chi connectivity index (χ2v) is 11.0. The maximum absolute atomic E-state index is 13.5. The van der Waals surface area contributed by atoms with E-state index in [0.29, 0.717) is 27.8 Å². The Morgan fingerprint density at radius 2 is 1.71 bits per heavy atom. The Labute approximate surface area is 212 Å². The average molecular weight is 529 g/mol. The molecule has 0 aromatic heterocycles. The lowest BCUT2D eigenvalue weighted by molar-refractivity contribution is -0.139. The molecule has 0 heterocycles. The second-order valence-electron chi connectivity index (χ2n) is 8.28. The van der Waals surface area contributed by atoms with Gasteiger partial charge in [-0.15, -0.1) is 0 Å². The van der Waals surface area contributed by atoms with E-state index in [0.717, 1.165) is 28.1 Å². The Bertz CT molecular complexity index is 1150. The summed E-state index contributed by atoms with van der Waals surface area (Å²) in [5.41, 5.74) is 2.95. The molecule has 0 saturated carbocycles. The van der Waals surface area contributed by atoms with Gasteiger partial charge in [0, 0.05) is 13.1 Å². The van der Waals surface area contributed by atoms with Gasteiger partial charge in [-0.25, -0.2) is 8.42 Å². The van der Waals surface area contributed by atoms with Gasteiger partial charge < -0.3 is 10.2 Å². The molecule has 34 heavy (non-hydrogen) atoms. The zero-order chi connectivity index (χ0) is 25.6. The van der Waals surface area contributed by atoms with Crippen LogP contribution in [0.5, 0.6) is 0 Å². The van der Waals surface area contributed by atoms with Gasteiger partial charge in [0.05, 0.1) is 22.0 Å². The fourth-order valence-corrected chi connectivity index (χ4v) is 4.47. The molecular formula is C24H31Cl2N3O4S. The average Bonchev–Trinajstić information content (AvgIpc) is 2.77. The summed E-state index contributed by atoms with van der Waals surface area (Å²) in [6, 6.07) is 9.31. The summed E-state index contributed by atoms with van der Waals surface area (Å²) in [5.74, 6) is -0.846. The Morgan fingerprint density at radius 1 is 1.03 bits per heavy atom. The van der Waals surface area contributed by atoms with Crippen LogP contribution < -0.4 is 9.62 Å². The number of hydrogen-bond donors (Lipinski definition) is 1. The van der Waals surface area contributed by atoms with E-state index in [9.17, 15) is 18.0 Å². The molecule has 2 amide bonds. The predicted molar refractivity (Wildman–Crippen MR) is 138 cm³/mol. The number of aryl methyl sites for hydroxylation is 2. The first-order valence-corrected chi connectivity index (χ1v) is 13.5. The lowest BCUT2D eigenvalue weighted by Crippen LogP contribution is -2.51. The van der Waals surface area contributed by atoms with Crippen LogP contribution in [0.1, 0.15) is 37.0 Å². The van der Waals surface area contributed by atoms with Crippen molar-refractivity contribution in [1.82, 2.24) is 10.2 Å². The van der Waals surface area contributed by atoms with Gasteiger partial charge in [-0.05, 0) is 68.1 Å². The minimum atomic E-state index is -3.77. The van der Waals surface area contributed by atoms with Crippen molar-refractivity contribution in [1.29, 1.82) is 0 Å². The summed E-state index contributed by atoms with van der Waals surface area (Å²) < 4.78 is 26.3. The smallest absolute Gasteiger partial charge is 0.244 e. The summed E-state index contributed by atoms with van der Waals surface area (Å²) in [4.78, 5) is 27.5. The lowest BCUT2D eigenvalue weighted by atomic mass is 10.1. The predicted octanol–water partition coefficient (Wildman–Crippen LogP) is 4.32. The molecule has 0 aliphatic rings. The summed E-state index contributed by atoms with van der Waals surface area (Å²) in [7, 11) is -3.77. The first-order chi connectivity index (χ1) is 15.8. The fraction of sp³-hybridized carbons (Fsp3) is 0.417. The van der Waals surface area contributed by atoms with Gasteiger partial charge in [0.2, 0.25) is 21.8 Å². The van der Waals surface area contributed by atoms with Gasteiger partial charge in [-0.2, -0.15) is 0 Å². The Morgan fingerprint density at radius 3 is 2.26 bits per heavy atom. The van der Waals surface area contributed by atoms with E-state index < -0.39 is 28.5 Å². The quantitative estimate of drug-likeness (QED) is 0.498. The van der Waals surface area contributed by atoms with Gasteiger partial charge in [0.15, 0.2) is 0 Å². The number of carbonyl (C=O) groups excluding carboxylic acids is 2. The van der Waals surface area contributed by atoms with E-state index in [1.165, 1.54) is 4.90 Å². The summed E-state index contributed by atoms with van der Waals surface area (Å²) >= 11 is 12.1. The van der Waals surface area contributed by atoms with Gasteiger partial charge in [-0.1, -0.05) is 42.3 Å². The molecule has 0 saturated heterocycles. The van der Waals surface area contributed by atoms with E-state index in [-0.39, 0.29) is 12.5 Å². The number of carbonyl (C=O) groups is 2. The zero-order valence-corrected chi connectivity index (χ0v) is 22.4. The Kier molecular flexibility index (Phi) is 9.79. The number of amides is 2. The molecule has 2 aromatic rings. The van der Waals surface area contributed by atoms with Crippen LogP contribution >= 0.6 is 23.2 Å². The zero-order valence-electron chi connectivity index (χ0n) is 20.1. The van der Waals surface area contributed by atoms with Crippen LogP contribution in [0, 0.1) is 13.8 Å². The molecule has 1 atom stereocenters. The molecule has 186 valence electrons. The summed E-state index contributed by atoms with van der Waals surface area (Å²) in [5, 5.41) is 3.48. The molecule has 1 N–H and O–H groups in total. The molecule has 0 radical (unpaired) electrons. The molecule has 2 aromatic carbocycles. The highest BCUT2D eigenvalue weighted by molar-refractivity contribution is 7.92. The Balaban J connectivity index is 2.41. The molecule has 0 spiro atoms. The van der Waals surface area contributed by atoms with Crippen molar-refractivity contribution in [2.24, 2.45) is 0 Å². The highest BCUT2D eigenvalue weighted by Gasteiger charge is 2.30. The molecule has 10 heteroatoms. The van der Waals surface area contributed by atoms with E-state index in [1.54, 1.807) is 37.3 Å². The maximum atomic E-state index is 13.5. The van der Waals surface area contributed by atoms with E-state index in [2.05, 4.69) is 5.32 Å². The van der Waals surface area contributed by atoms with Gasteiger partial charge in [-0.3, -0.25) is 13.9 Å². The van der Waals surface area contributed by atoms with Crippen LogP contribution in [0.25, 0.3) is 0 Å². The van der Waals surface area contributed by atoms with Crippen molar-refractivity contribution in [2.45, 2.75) is 46.7 Å². The normalized spacial score (nSPS) is 12.2. The van der Waals surface area contributed by atoms with Gasteiger partial charge >= 0.3 is 0 Å². The van der Waals surface area contributed by atoms with Crippen LogP contribution in [0.15, 0.2) is 36.4 Å². The van der Waals surface area contributed by atoms with Crippen LogP contribution in [0.2, 0.25) is 10.0 Å². The van der Waals surface area contributed by atoms with Crippen molar-refractivity contribution < 1.29 is 18.0 Å². The molecule has 7 nitrogen and oxygen atoms in total. The Hall–Kier alpha value is -2.29. The monoisotopic (exact) mass is 527 g/mol. The summed E-state index contributed by atoms with van der Waals surface area (Å²) in [6.07, 6.45) is 1.80. The number of sulfonamides is 1. The van der Waals surface area contributed by atoms with Crippen molar-refractivity contribution in [3.8, 4) is 0 Å². The molecule has 2 rings (SSSR count). The van der Waals surface area contributed by atoms with Crippen LogP contribution in [0.4, 0.5) is 5.69 Å². The highest BCUT2D eigenvalue weighted by atomic mass is 35.5. The van der Waals surface area contributed by atoms with Crippen LogP contribution in [-0.4, -0.2) is 50.5 Å². The largest absolute Gasteiger partial charge is 0.354 e. The minimum Gasteiger partial charge on any atom is -0.354 e.